The molecule has 3 N–H and O–H groups in total. The molecule has 0 aliphatic carbocycles. The van der Waals surface area contributed by atoms with E-state index < -0.39 is 0 Å². The number of aromatic amines is 1. The lowest BCUT2D eigenvalue weighted by molar-refractivity contribution is 0.0947. The van der Waals surface area contributed by atoms with Gasteiger partial charge in [-0.1, -0.05) is 17.7 Å². The monoisotopic (exact) mass is 412 g/mol. The number of aromatic nitrogens is 2. The number of ether oxygens (including phenoxy) is 2. The van der Waals surface area contributed by atoms with Crippen LogP contribution >= 0.6 is 11.6 Å². The third-order valence-corrected chi connectivity index (χ3v) is 5.05. The number of anilines is 2. The molecule has 1 aliphatic heterocycles. The van der Waals surface area contributed by atoms with Crippen molar-refractivity contribution in [2.75, 3.05) is 25.6 Å². The molecule has 8 heteroatoms. The van der Waals surface area contributed by atoms with Crippen molar-refractivity contribution in [1.82, 2.24) is 15.3 Å². The number of para-hydroxylation sites is 1. The van der Waals surface area contributed by atoms with Gasteiger partial charge in [-0.15, -0.1) is 0 Å². The van der Waals surface area contributed by atoms with E-state index in [1.54, 1.807) is 25.6 Å². The molecule has 0 saturated carbocycles. The van der Waals surface area contributed by atoms with Crippen LogP contribution in [-0.4, -0.2) is 36.1 Å². The number of halogens is 1. The van der Waals surface area contributed by atoms with Gasteiger partial charge in [-0.05, 0) is 25.1 Å². The molecule has 0 unspecified atom stereocenters. The maximum absolute atomic E-state index is 12.7. The van der Waals surface area contributed by atoms with E-state index >= 15 is 0 Å². The van der Waals surface area contributed by atoms with E-state index in [4.69, 9.17) is 21.1 Å². The second kappa shape index (κ2) is 8.05. The Labute approximate surface area is 173 Å². The van der Waals surface area contributed by atoms with Gasteiger partial charge in [-0.2, -0.15) is 0 Å². The maximum atomic E-state index is 12.7. The van der Waals surface area contributed by atoms with Gasteiger partial charge < -0.3 is 25.1 Å². The van der Waals surface area contributed by atoms with Gasteiger partial charge in [0.2, 0.25) is 0 Å². The van der Waals surface area contributed by atoms with Crippen molar-refractivity contribution in [3.63, 3.8) is 0 Å². The third-order valence-electron chi connectivity index (χ3n) is 4.75. The first-order chi connectivity index (χ1) is 14.1. The van der Waals surface area contributed by atoms with E-state index in [1.165, 1.54) is 0 Å². The Bertz CT molecular complexity index is 1060. The third kappa shape index (κ3) is 3.49. The molecule has 3 heterocycles. The largest absolute Gasteiger partial charge is 0.493 e. The fraction of sp³-hybridized carbons (Fsp3) is 0.238. The molecule has 0 atom stereocenters. The number of carbonyl (C=O) groups excluding carboxylic acids is 1. The van der Waals surface area contributed by atoms with Gasteiger partial charge in [-0.25, -0.2) is 0 Å². The van der Waals surface area contributed by atoms with E-state index in [-0.39, 0.29) is 5.91 Å². The Morgan fingerprint density at radius 1 is 1.31 bits per heavy atom. The Morgan fingerprint density at radius 3 is 2.97 bits per heavy atom. The lowest BCUT2D eigenvalue weighted by Gasteiger charge is -2.17. The molecule has 0 saturated heterocycles. The Kier molecular flexibility index (Phi) is 5.31. The minimum atomic E-state index is -0.135. The second-order valence-electron chi connectivity index (χ2n) is 6.48. The van der Waals surface area contributed by atoms with E-state index in [2.05, 4.69) is 20.6 Å². The summed E-state index contributed by atoms with van der Waals surface area (Å²) in [6.07, 6.45) is 4.07. The lowest BCUT2D eigenvalue weighted by Crippen LogP contribution is -2.31. The van der Waals surface area contributed by atoms with Crippen LogP contribution in [0.25, 0.3) is 11.3 Å². The van der Waals surface area contributed by atoms with Crippen molar-refractivity contribution in [3.05, 3.63) is 52.9 Å². The number of rotatable bonds is 6. The van der Waals surface area contributed by atoms with Gasteiger partial charge >= 0.3 is 0 Å². The quantitative estimate of drug-likeness (QED) is 0.565. The van der Waals surface area contributed by atoms with Crippen LogP contribution in [0.5, 0.6) is 11.5 Å². The summed E-state index contributed by atoms with van der Waals surface area (Å²) in [6, 6.07) is 7.29. The van der Waals surface area contributed by atoms with E-state index in [9.17, 15) is 4.79 Å². The normalized spacial score (nSPS) is 12.9. The average molecular weight is 413 g/mol. The van der Waals surface area contributed by atoms with Gasteiger partial charge in [0, 0.05) is 30.4 Å². The lowest BCUT2D eigenvalue weighted by atomic mass is 10.0. The highest BCUT2D eigenvalue weighted by Gasteiger charge is 2.28. The molecule has 2 aromatic heterocycles. The number of benzene rings is 1. The molecule has 1 amide bonds. The summed E-state index contributed by atoms with van der Waals surface area (Å²) in [5.74, 6) is 1.01. The summed E-state index contributed by atoms with van der Waals surface area (Å²) in [5.41, 5.74) is 4.31. The SMILES string of the molecule is CCOc1cnccc1-c1[nH]c2c(c1Nc1cccc(Cl)c1OC)C(=O)NCC2. The van der Waals surface area contributed by atoms with Gasteiger partial charge in [0.05, 0.1) is 47.6 Å². The smallest absolute Gasteiger partial charge is 0.255 e. The van der Waals surface area contributed by atoms with Crippen molar-refractivity contribution >= 4 is 28.9 Å². The van der Waals surface area contributed by atoms with E-state index in [0.717, 1.165) is 17.0 Å². The first-order valence-electron chi connectivity index (χ1n) is 9.33. The summed E-state index contributed by atoms with van der Waals surface area (Å²) < 4.78 is 11.2. The maximum Gasteiger partial charge on any atom is 0.255 e. The highest BCUT2D eigenvalue weighted by molar-refractivity contribution is 6.32. The van der Waals surface area contributed by atoms with E-state index in [0.29, 0.717) is 53.0 Å². The number of hydrogen-bond acceptors (Lipinski definition) is 5. The molecule has 1 aliphatic rings. The van der Waals surface area contributed by atoms with Crippen LogP contribution in [0, 0.1) is 0 Å². The van der Waals surface area contributed by atoms with Crippen LogP contribution in [0.4, 0.5) is 11.4 Å². The van der Waals surface area contributed by atoms with Crippen LogP contribution in [0.15, 0.2) is 36.7 Å². The molecule has 0 spiro atoms. The standard InChI is InChI=1S/C21H21ClN4O3/c1-3-29-16-11-23-9-7-12(16)18-19(17-14(25-18)8-10-24-21(17)27)26-15-6-4-5-13(22)20(15)28-2/h4-7,9,11,25-26H,3,8,10H2,1-2H3,(H,24,27). The topological polar surface area (TPSA) is 88.3 Å². The van der Waals surface area contributed by atoms with Crippen LogP contribution < -0.4 is 20.1 Å². The number of hydrogen-bond donors (Lipinski definition) is 3. The number of pyridine rings is 1. The Morgan fingerprint density at radius 2 is 2.17 bits per heavy atom. The summed E-state index contributed by atoms with van der Waals surface area (Å²) in [5, 5.41) is 6.75. The first kappa shape index (κ1) is 19.1. The molecule has 0 radical (unpaired) electrons. The summed E-state index contributed by atoms with van der Waals surface area (Å²) >= 11 is 6.28. The molecule has 150 valence electrons. The highest BCUT2D eigenvalue weighted by atomic mass is 35.5. The molecule has 0 fully saturated rings. The Balaban J connectivity index is 1.90. The van der Waals surface area contributed by atoms with E-state index in [1.807, 2.05) is 25.1 Å². The number of amides is 1. The Hall–Kier alpha value is -3.19. The highest BCUT2D eigenvalue weighted by Crippen LogP contribution is 2.42. The summed E-state index contributed by atoms with van der Waals surface area (Å²) in [7, 11) is 1.56. The fourth-order valence-corrected chi connectivity index (χ4v) is 3.76. The predicted molar refractivity (Wildman–Crippen MR) is 113 cm³/mol. The molecular weight excluding hydrogens is 392 g/mol. The van der Waals surface area contributed by atoms with Gasteiger partial charge in [0.25, 0.3) is 5.91 Å². The summed E-state index contributed by atoms with van der Waals surface area (Å²) in [4.78, 5) is 20.3. The van der Waals surface area contributed by atoms with Gasteiger partial charge in [0.15, 0.2) is 5.75 Å². The molecule has 29 heavy (non-hydrogen) atoms. The van der Waals surface area contributed by atoms with Crippen molar-refractivity contribution < 1.29 is 14.3 Å². The molecule has 1 aromatic carbocycles. The van der Waals surface area contributed by atoms with Crippen LogP contribution in [0.1, 0.15) is 23.0 Å². The number of nitrogens with one attached hydrogen (secondary N) is 3. The zero-order valence-electron chi connectivity index (χ0n) is 16.1. The molecule has 0 bridgehead atoms. The zero-order valence-corrected chi connectivity index (χ0v) is 16.9. The molecule has 7 nitrogen and oxygen atoms in total. The van der Waals surface area contributed by atoms with Crippen molar-refractivity contribution in [2.24, 2.45) is 0 Å². The molecule has 3 aromatic rings. The average Bonchev–Trinajstić information content (AvgIpc) is 3.08. The minimum Gasteiger partial charge on any atom is -0.493 e. The second-order valence-corrected chi connectivity index (χ2v) is 6.89. The van der Waals surface area contributed by atoms with Gasteiger partial charge in [-0.3, -0.25) is 9.78 Å². The predicted octanol–water partition coefficient (Wildman–Crippen LogP) is 4.17. The number of fused-ring (bicyclic) bond motifs is 1. The number of methoxy groups -OCH3 is 1. The zero-order chi connectivity index (χ0) is 20.4. The molecular formula is C21H21ClN4O3. The number of carbonyl (C=O) groups is 1. The van der Waals surface area contributed by atoms with Gasteiger partial charge in [0.1, 0.15) is 5.75 Å². The number of H-pyrrole nitrogens is 1. The molecule has 4 rings (SSSR count). The number of nitrogens with zero attached hydrogens (tertiary/aromatic N) is 1. The minimum absolute atomic E-state index is 0.135. The van der Waals surface area contributed by atoms with Crippen molar-refractivity contribution in [2.45, 2.75) is 13.3 Å². The fourth-order valence-electron chi connectivity index (χ4n) is 3.51. The van der Waals surface area contributed by atoms with Crippen LogP contribution in [0.2, 0.25) is 5.02 Å². The summed E-state index contributed by atoms with van der Waals surface area (Å²) in [6.45, 7) is 3.00. The first-order valence-corrected chi connectivity index (χ1v) is 9.71. The van der Waals surface area contributed by atoms with Crippen LogP contribution in [-0.2, 0) is 6.42 Å². The van der Waals surface area contributed by atoms with Crippen molar-refractivity contribution in [1.29, 1.82) is 0 Å². The van der Waals surface area contributed by atoms with Crippen molar-refractivity contribution in [3.8, 4) is 22.8 Å². The van der Waals surface area contributed by atoms with Crippen LogP contribution in [0.3, 0.4) is 0 Å².